The number of hydrogen-bond acceptors (Lipinski definition) is 5. The second kappa shape index (κ2) is 9.93. The van der Waals surface area contributed by atoms with Gasteiger partial charge in [0.15, 0.2) is 5.72 Å². The van der Waals surface area contributed by atoms with Gasteiger partial charge in [-0.1, -0.05) is 72.3 Å². The number of fused-ring (bicyclic) bond motifs is 2. The first kappa shape index (κ1) is 24.2. The van der Waals surface area contributed by atoms with E-state index in [0.29, 0.717) is 16.3 Å². The molecule has 0 bridgehead atoms. The number of nitrogens with zero attached hydrogens (tertiary/aromatic N) is 3. The molecule has 0 spiro atoms. The first-order valence-corrected chi connectivity index (χ1v) is 13.4. The molecular weight excluding hydrogens is 486 g/mol. The molecule has 6 nitrogen and oxygen atoms in total. The van der Waals surface area contributed by atoms with Gasteiger partial charge in [0, 0.05) is 49.3 Å². The number of nitro benzene ring substituents is 1. The van der Waals surface area contributed by atoms with Crippen LogP contribution in [0.4, 0.5) is 5.69 Å². The zero-order valence-electron chi connectivity index (χ0n) is 20.7. The summed E-state index contributed by atoms with van der Waals surface area (Å²) in [6.07, 6.45) is 5.99. The lowest BCUT2D eigenvalue weighted by molar-refractivity contribution is -0.386. The predicted octanol–water partition coefficient (Wildman–Crippen LogP) is 6.70. The van der Waals surface area contributed by atoms with Crippen LogP contribution in [0.25, 0.3) is 6.08 Å². The van der Waals surface area contributed by atoms with Gasteiger partial charge in [-0.15, -0.1) is 0 Å². The summed E-state index contributed by atoms with van der Waals surface area (Å²) in [4.78, 5) is 16.5. The Kier molecular flexibility index (Phi) is 6.49. The molecule has 0 amide bonds. The minimum Gasteiger partial charge on any atom is -0.461 e. The molecule has 2 heterocycles. The fourth-order valence-corrected chi connectivity index (χ4v) is 6.52. The number of hydrogen-bond donors (Lipinski definition) is 0. The quantitative estimate of drug-likeness (QED) is 0.279. The third-order valence-corrected chi connectivity index (χ3v) is 8.21. The van der Waals surface area contributed by atoms with E-state index >= 15 is 0 Å². The fraction of sp³-hybridized carbons (Fsp3) is 0.333. The van der Waals surface area contributed by atoms with Crippen molar-refractivity contribution in [3.8, 4) is 5.75 Å². The zero-order valence-corrected chi connectivity index (χ0v) is 21.4. The van der Waals surface area contributed by atoms with Crippen LogP contribution in [0.15, 0.2) is 78.4 Å². The van der Waals surface area contributed by atoms with Crippen molar-refractivity contribution in [2.75, 3.05) is 26.2 Å². The molecule has 0 radical (unpaired) electrons. The van der Waals surface area contributed by atoms with Crippen molar-refractivity contribution in [1.82, 2.24) is 9.80 Å². The maximum atomic E-state index is 11.9. The molecule has 0 aromatic heterocycles. The zero-order chi connectivity index (χ0) is 25.4. The highest BCUT2D eigenvalue weighted by Crippen LogP contribution is 2.49. The molecule has 0 N–H and O–H groups in total. The van der Waals surface area contributed by atoms with Gasteiger partial charge in [-0.2, -0.15) is 0 Å². The SMILES string of the molecule is O=[N+]([O-])c1cc(Cl)cc2c1OC1(N3CCN(C(c4ccccc4)c4ccccc4)CC3)CCCCC1=C2. The van der Waals surface area contributed by atoms with Crippen molar-refractivity contribution in [1.29, 1.82) is 0 Å². The van der Waals surface area contributed by atoms with Crippen molar-refractivity contribution in [3.63, 3.8) is 0 Å². The predicted molar refractivity (Wildman–Crippen MR) is 146 cm³/mol. The van der Waals surface area contributed by atoms with Crippen LogP contribution >= 0.6 is 11.6 Å². The Hall–Kier alpha value is -3.19. The number of rotatable bonds is 5. The molecule has 1 atom stereocenters. The van der Waals surface area contributed by atoms with Crippen molar-refractivity contribution < 1.29 is 9.66 Å². The van der Waals surface area contributed by atoms with E-state index in [0.717, 1.165) is 51.9 Å². The molecule has 2 aliphatic heterocycles. The van der Waals surface area contributed by atoms with E-state index in [-0.39, 0.29) is 16.7 Å². The number of piperazine rings is 1. The number of ether oxygens (including phenoxy) is 1. The topological polar surface area (TPSA) is 58.9 Å². The Bertz CT molecular complexity index is 1280. The minimum absolute atomic E-state index is 0.0606. The van der Waals surface area contributed by atoms with Crippen molar-refractivity contribution in [2.24, 2.45) is 0 Å². The first-order chi connectivity index (χ1) is 18.0. The maximum Gasteiger partial charge on any atom is 0.313 e. The largest absolute Gasteiger partial charge is 0.461 e. The van der Waals surface area contributed by atoms with E-state index < -0.39 is 5.72 Å². The summed E-state index contributed by atoms with van der Waals surface area (Å²) in [7, 11) is 0. The molecule has 7 heteroatoms. The summed E-state index contributed by atoms with van der Waals surface area (Å²) >= 11 is 6.23. The third-order valence-electron chi connectivity index (χ3n) is 7.99. The van der Waals surface area contributed by atoms with Crippen LogP contribution in [0, 0.1) is 10.1 Å². The number of nitro groups is 1. The lowest BCUT2D eigenvalue weighted by atomic mass is 9.81. The Balaban J connectivity index is 1.30. The van der Waals surface area contributed by atoms with Gasteiger partial charge in [0.2, 0.25) is 5.75 Å². The third kappa shape index (κ3) is 4.43. The minimum atomic E-state index is -0.634. The first-order valence-electron chi connectivity index (χ1n) is 13.0. The van der Waals surface area contributed by atoms with Crippen LogP contribution in [0.2, 0.25) is 5.02 Å². The molecule has 3 aromatic rings. The van der Waals surface area contributed by atoms with Crippen molar-refractivity contribution in [2.45, 2.75) is 37.5 Å². The highest BCUT2D eigenvalue weighted by Gasteiger charge is 2.49. The molecule has 3 aliphatic rings. The normalized spacial score (nSPS) is 22.1. The molecule has 190 valence electrons. The van der Waals surface area contributed by atoms with Gasteiger partial charge in [-0.3, -0.25) is 19.9 Å². The number of halogens is 1. The van der Waals surface area contributed by atoms with Crippen LogP contribution in [-0.4, -0.2) is 46.6 Å². The molecule has 37 heavy (non-hydrogen) atoms. The second-order valence-corrected chi connectivity index (χ2v) is 10.5. The van der Waals surface area contributed by atoms with Crippen LogP contribution < -0.4 is 4.74 Å². The van der Waals surface area contributed by atoms with Crippen LogP contribution in [0.5, 0.6) is 5.75 Å². The summed E-state index contributed by atoms with van der Waals surface area (Å²) in [5.41, 5.74) is 3.79. The van der Waals surface area contributed by atoms with E-state index in [1.165, 1.54) is 22.8 Å². The Labute approximate surface area is 222 Å². The van der Waals surface area contributed by atoms with Crippen LogP contribution in [0.1, 0.15) is 48.4 Å². The average molecular weight is 516 g/mol. The summed E-state index contributed by atoms with van der Waals surface area (Å²) < 4.78 is 6.71. The summed E-state index contributed by atoms with van der Waals surface area (Å²) in [6.45, 7) is 3.40. The Morgan fingerprint density at radius 2 is 1.57 bits per heavy atom. The number of benzene rings is 3. The molecular formula is C30H30ClN3O3. The molecule has 1 unspecified atom stereocenters. The lowest BCUT2D eigenvalue weighted by Crippen LogP contribution is -2.62. The highest BCUT2D eigenvalue weighted by molar-refractivity contribution is 6.31. The van der Waals surface area contributed by atoms with Gasteiger partial charge in [-0.25, -0.2) is 0 Å². The van der Waals surface area contributed by atoms with Gasteiger partial charge in [0.1, 0.15) is 0 Å². The van der Waals surface area contributed by atoms with Crippen molar-refractivity contribution in [3.05, 3.63) is 110 Å². The monoisotopic (exact) mass is 515 g/mol. The summed E-state index contributed by atoms with van der Waals surface area (Å²) in [5.74, 6) is 0.342. The smallest absolute Gasteiger partial charge is 0.313 e. The van der Waals surface area contributed by atoms with Crippen molar-refractivity contribution >= 4 is 23.4 Å². The summed E-state index contributed by atoms with van der Waals surface area (Å²) in [5, 5.41) is 12.2. The standard InChI is InChI=1S/C30H30ClN3O3/c31-26-20-24-19-25-13-7-8-14-30(25,37-29(24)27(21-26)34(35)36)33-17-15-32(16-18-33)28(22-9-3-1-4-10-22)23-11-5-2-6-12-23/h1-6,9-12,19-21,28H,7-8,13-18H2. The molecule has 1 aliphatic carbocycles. The van der Waals surface area contributed by atoms with E-state index in [9.17, 15) is 10.1 Å². The molecule has 1 saturated heterocycles. The van der Waals surface area contributed by atoms with E-state index in [1.54, 1.807) is 6.07 Å². The second-order valence-electron chi connectivity index (χ2n) is 10.1. The summed E-state index contributed by atoms with van der Waals surface area (Å²) in [6, 6.07) is 24.7. The Morgan fingerprint density at radius 3 is 2.19 bits per heavy atom. The molecule has 1 saturated carbocycles. The van der Waals surface area contributed by atoms with Gasteiger partial charge in [0.05, 0.1) is 11.0 Å². The fourth-order valence-electron chi connectivity index (χ4n) is 6.30. The average Bonchev–Trinajstić information content (AvgIpc) is 2.93. The van der Waals surface area contributed by atoms with E-state index in [4.69, 9.17) is 16.3 Å². The molecule has 2 fully saturated rings. The molecule has 6 rings (SSSR count). The maximum absolute atomic E-state index is 11.9. The van der Waals surface area contributed by atoms with Gasteiger partial charge >= 0.3 is 5.69 Å². The van der Waals surface area contributed by atoms with E-state index in [2.05, 4.69) is 76.5 Å². The van der Waals surface area contributed by atoms with Crippen LogP contribution in [-0.2, 0) is 0 Å². The van der Waals surface area contributed by atoms with Crippen LogP contribution in [0.3, 0.4) is 0 Å². The van der Waals surface area contributed by atoms with Gasteiger partial charge < -0.3 is 4.74 Å². The van der Waals surface area contributed by atoms with E-state index in [1.807, 2.05) is 0 Å². The van der Waals surface area contributed by atoms with Gasteiger partial charge in [-0.05, 0) is 48.1 Å². The molecule has 3 aromatic carbocycles. The lowest BCUT2D eigenvalue weighted by Gasteiger charge is -2.52. The Morgan fingerprint density at radius 1 is 0.919 bits per heavy atom. The highest BCUT2D eigenvalue weighted by atomic mass is 35.5. The van der Waals surface area contributed by atoms with Gasteiger partial charge in [0.25, 0.3) is 0 Å².